The maximum atomic E-state index is 13.3. The van der Waals surface area contributed by atoms with E-state index in [1.165, 1.54) is 37.8 Å². The Labute approximate surface area is 174 Å². The summed E-state index contributed by atoms with van der Waals surface area (Å²) >= 11 is 0. The number of carbonyl (C=O) groups excluding carboxylic acids is 1. The molecule has 1 amide bonds. The SMILES string of the molecule is COc1cccc(C[C@H]2[C@H]3C[C@H](CN(C(=O)C4(C)COC4)C3)[C@@H]3CCCCN32)c1. The van der Waals surface area contributed by atoms with Crippen molar-refractivity contribution in [3.63, 3.8) is 0 Å². The van der Waals surface area contributed by atoms with Gasteiger partial charge in [0.15, 0.2) is 0 Å². The molecule has 4 atom stereocenters. The molecular weight excluding hydrogens is 364 g/mol. The summed E-state index contributed by atoms with van der Waals surface area (Å²) in [7, 11) is 1.74. The molecule has 1 aromatic carbocycles. The molecule has 158 valence electrons. The van der Waals surface area contributed by atoms with Crippen molar-refractivity contribution >= 4 is 5.91 Å². The fourth-order valence-corrected chi connectivity index (χ4v) is 6.31. The van der Waals surface area contributed by atoms with Crippen molar-refractivity contribution in [1.29, 1.82) is 0 Å². The first kappa shape index (κ1) is 19.4. The standard InChI is InChI=1S/C24H34N2O3/c1-24(15-29-16-24)23(27)25-13-18-12-19(14-25)22(26-9-4-3-8-21(18)26)11-17-6-5-7-20(10-17)28-2/h5-7,10,18-19,21-22H,3-4,8-9,11-16H2,1-2H3/t18-,19+,21+,22+/m1/s1. The van der Waals surface area contributed by atoms with E-state index in [0.717, 1.165) is 25.3 Å². The van der Waals surface area contributed by atoms with Crippen molar-refractivity contribution in [1.82, 2.24) is 9.80 Å². The van der Waals surface area contributed by atoms with Crippen LogP contribution in [0, 0.1) is 17.3 Å². The highest BCUT2D eigenvalue weighted by Gasteiger charge is 2.51. The molecule has 0 aliphatic carbocycles. The first-order chi connectivity index (χ1) is 14.1. The van der Waals surface area contributed by atoms with Gasteiger partial charge in [-0.25, -0.2) is 0 Å². The Morgan fingerprint density at radius 2 is 2.07 bits per heavy atom. The lowest BCUT2D eigenvalue weighted by Gasteiger charge is -2.57. The molecule has 4 fully saturated rings. The van der Waals surface area contributed by atoms with Gasteiger partial charge in [0, 0.05) is 25.2 Å². The first-order valence-corrected chi connectivity index (χ1v) is 11.3. The molecule has 0 spiro atoms. The second kappa shape index (κ2) is 7.59. The molecule has 2 bridgehead atoms. The van der Waals surface area contributed by atoms with Crippen molar-refractivity contribution in [2.75, 3.05) is 40.0 Å². The van der Waals surface area contributed by atoms with E-state index in [1.807, 2.05) is 6.07 Å². The number of nitrogens with zero attached hydrogens (tertiary/aromatic N) is 2. The molecule has 0 unspecified atom stereocenters. The number of fused-ring (bicyclic) bond motifs is 4. The number of likely N-dealkylation sites (tertiary alicyclic amines) is 1. The third-order valence-electron chi connectivity index (χ3n) is 7.85. The van der Waals surface area contributed by atoms with Crippen LogP contribution in [-0.2, 0) is 16.0 Å². The Balaban J connectivity index is 1.40. The van der Waals surface area contributed by atoms with Gasteiger partial charge in [-0.2, -0.15) is 0 Å². The normalized spacial score (nSPS) is 33.5. The molecule has 4 aliphatic heterocycles. The van der Waals surface area contributed by atoms with Crippen molar-refractivity contribution in [2.24, 2.45) is 17.3 Å². The number of ether oxygens (including phenoxy) is 2. The maximum Gasteiger partial charge on any atom is 0.233 e. The van der Waals surface area contributed by atoms with Crippen molar-refractivity contribution in [3.8, 4) is 5.75 Å². The highest BCUT2D eigenvalue weighted by atomic mass is 16.5. The molecule has 0 radical (unpaired) electrons. The second-order valence-electron chi connectivity index (χ2n) is 9.94. The zero-order valence-corrected chi connectivity index (χ0v) is 17.8. The van der Waals surface area contributed by atoms with E-state index in [2.05, 4.69) is 34.9 Å². The first-order valence-electron chi connectivity index (χ1n) is 11.3. The van der Waals surface area contributed by atoms with Crippen LogP contribution in [-0.4, -0.2) is 67.7 Å². The number of benzene rings is 1. The van der Waals surface area contributed by atoms with Crippen LogP contribution in [0.1, 0.15) is 38.2 Å². The van der Waals surface area contributed by atoms with Gasteiger partial charge in [0.05, 0.1) is 25.7 Å². The van der Waals surface area contributed by atoms with E-state index in [1.54, 1.807) is 7.11 Å². The molecule has 5 heteroatoms. The van der Waals surface area contributed by atoms with Gasteiger partial charge < -0.3 is 14.4 Å². The lowest BCUT2D eigenvalue weighted by molar-refractivity contribution is -0.175. The minimum atomic E-state index is -0.291. The predicted octanol–water partition coefficient (Wildman–Crippen LogP) is 2.98. The van der Waals surface area contributed by atoms with E-state index in [0.29, 0.717) is 43.0 Å². The van der Waals surface area contributed by atoms with Crippen LogP contribution in [0.25, 0.3) is 0 Å². The van der Waals surface area contributed by atoms with Gasteiger partial charge in [0.1, 0.15) is 5.75 Å². The van der Waals surface area contributed by atoms with Gasteiger partial charge in [0.2, 0.25) is 5.91 Å². The van der Waals surface area contributed by atoms with Gasteiger partial charge in [-0.3, -0.25) is 9.69 Å². The fourth-order valence-electron chi connectivity index (χ4n) is 6.31. The molecular formula is C24H34N2O3. The zero-order valence-electron chi connectivity index (χ0n) is 17.8. The summed E-state index contributed by atoms with van der Waals surface area (Å²) < 4.78 is 10.8. The summed E-state index contributed by atoms with van der Waals surface area (Å²) in [4.78, 5) is 18.3. The molecule has 5 nitrogen and oxygen atoms in total. The summed E-state index contributed by atoms with van der Waals surface area (Å²) in [6, 6.07) is 9.69. The molecule has 4 aliphatic rings. The smallest absolute Gasteiger partial charge is 0.233 e. The van der Waals surface area contributed by atoms with E-state index >= 15 is 0 Å². The molecule has 1 aromatic rings. The number of amides is 1. The van der Waals surface area contributed by atoms with E-state index in [-0.39, 0.29) is 5.41 Å². The molecule has 29 heavy (non-hydrogen) atoms. The monoisotopic (exact) mass is 398 g/mol. The summed E-state index contributed by atoms with van der Waals surface area (Å²) in [5, 5.41) is 0. The Kier molecular flexibility index (Phi) is 5.07. The zero-order chi connectivity index (χ0) is 20.0. The quantitative estimate of drug-likeness (QED) is 0.782. The Bertz CT molecular complexity index is 762. The van der Waals surface area contributed by atoms with Crippen LogP contribution in [0.4, 0.5) is 0 Å². The van der Waals surface area contributed by atoms with Crippen molar-refractivity contribution < 1.29 is 14.3 Å². The number of piperidine rings is 3. The minimum absolute atomic E-state index is 0.291. The summed E-state index contributed by atoms with van der Waals surface area (Å²) in [6.45, 7) is 6.30. The fraction of sp³-hybridized carbons (Fsp3) is 0.708. The second-order valence-corrected chi connectivity index (χ2v) is 9.94. The number of carbonyl (C=O) groups is 1. The number of methoxy groups -OCH3 is 1. The molecule has 0 N–H and O–H groups in total. The van der Waals surface area contributed by atoms with Crippen LogP contribution in [0.15, 0.2) is 24.3 Å². The summed E-state index contributed by atoms with van der Waals surface area (Å²) in [6.07, 6.45) is 6.24. The van der Waals surface area contributed by atoms with Crippen LogP contribution in [0.2, 0.25) is 0 Å². The topological polar surface area (TPSA) is 42.0 Å². The van der Waals surface area contributed by atoms with E-state index in [4.69, 9.17) is 9.47 Å². The van der Waals surface area contributed by atoms with Crippen LogP contribution < -0.4 is 4.74 Å². The van der Waals surface area contributed by atoms with Crippen molar-refractivity contribution in [3.05, 3.63) is 29.8 Å². The third-order valence-corrected chi connectivity index (χ3v) is 7.85. The third kappa shape index (κ3) is 3.46. The Hall–Kier alpha value is -1.59. The van der Waals surface area contributed by atoms with E-state index < -0.39 is 0 Å². The van der Waals surface area contributed by atoms with Crippen LogP contribution >= 0.6 is 0 Å². The largest absolute Gasteiger partial charge is 0.497 e. The van der Waals surface area contributed by atoms with Gasteiger partial charge in [0.25, 0.3) is 0 Å². The number of hydrogen-bond donors (Lipinski definition) is 0. The molecule has 5 rings (SSSR count). The minimum Gasteiger partial charge on any atom is -0.497 e. The number of rotatable bonds is 4. The molecule has 4 heterocycles. The average Bonchev–Trinajstić information content (AvgIpc) is 2.74. The Morgan fingerprint density at radius 3 is 2.83 bits per heavy atom. The van der Waals surface area contributed by atoms with Gasteiger partial charge in [-0.15, -0.1) is 0 Å². The lowest BCUT2D eigenvalue weighted by atomic mass is 9.70. The molecule has 4 saturated heterocycles. The molecule has 0 saturated carbocycles. The lowest BCUT2D eigenvalue weighted by Crippen LogP contribution is -2.66. The highest BCUT2D eigenvalue weighted by molar-refractivity contribution is 5.83. The highest BCUT2D eigenvalue weighted by Crippen LogP contribution is 2.43. The average molecular weight is 399 g/mol. The molecule has 0 aromatic heterocycles. The predicted molar refractivity (Wildman–Crippen MR) is 112 cm³/mol. The van der Waals surface area contributed by atoms with Gasteiger partial charge in [-0.05, 0) is 68.7 Å². The van der Waals surface area contributed by atoms with Crippen LogP contribution in [0.3, 0.4) is 0 Å². The summed E-state index contributed by atoms with van der Waals surface area (Å²) in [5.41, 5.74) is 1.06. The van der Waals surface area contributed by atoms with Crippen molar-refractivity contribution in [2.45, 2.75) is 51.1 Å². The summed E-state index contributed by atoms with van der Waals surface area (Å²) in [5.74, 6) is 2.44. The maximum absolute atomic E-state index is 13.3. The Morgan fingerprint density at radius 1 is 1.24 bits per heavy atom. The van der Waals surface area contributed by atoms with Crippen LogP contribution in [0.5, 0.6) is 5.75 Å². The number of hydrogen-bond acceptors (Lipinski definition) is 4. The van der Waals surface area contributed by atoms with Gasteiger partial charge in [-0.1, -0.05) is 18.6 Å². The van der Waals surface area contributed by atoms with E-state index in [9.17, 15) is 4.79 Å². The van der Waals surface area contributed by atoms with Gasteiger partial charge >= 0.3 is 0 Å².